The van der Waals surface area contributed by atoms with E-state index in [1.54, 1.807) is 77.0 Å². The summed E-state index contributed by atoms with van der Waals surface area (Å²) >= 11 is 0. The van der Waals surface area contributed by atoms with E-state index in [-0.39, 0.29) is 72.0 Å². The molecule has 14 nitrogen and oxygen atoms in total. The van der Waals surface area contributed by atoms with Crippen molar-refractivity contribution < 1.29 is 118 Å². The van der Waals surface area contributed by atoms with E-state index < -0.39 is 138 Å². The molecule has 452 valence electrons. The van der Waals surface area contributed by atoms with Crippen molar-refractivity contribution in [3.63, 3.8) is 0 Å². The van der Waals surface area contributed by atoms with Gasteiger partial charge in [-0.2, -0.15) is 74.6 Å². The summed E-state index contributed by atoms with van der Waals surface area (Å²) in [4.78, 5) is 73.0. The fourth-order valence-corrected chi connectivity index (χ4v) is 7.07. The summed E-state index contributed by atoms with van der Waals surface area (Å²) in [7, 11) is 0. The molecule has 1 saturated heterocycles. The smallest absolute Gasteiger partial charge is 0.459 e. The minimum atomic E-state index is -8.76. The van der Waals surface area contributed by atoms with Gasteiger partial charge in [0.25, 0.3) is 0 Å². The Morgan fingerprint density at radius 3 is 1.04 bits per heavy atom. The van der Waals surface area contributed by atoms with Crippen molar-refractivity contribution in [2.75, 3.05) is 78.5 Å². The number of halogens is 17. The molecule has 0 aromatic carbocycles. The Bertz CT molecular complexity index is 1940. The largest absolute Gasteiger partial charge is 0.460 e. The van der Waals surface area contributed by atoms with Crippen molar-refractivity contribution in [3.05, 3.63) is 0 Å². The summed E-state index contributed by atoms with van der Waals surface area (Å²) in [6.45, 7) is 17.4. The van der Waals surface area contributed by atoms with Gasteiger partial charge in [-0.1, -0.05) is 0 Å². The third-order valence-electron chi connectivity index (χ3n) is 10.7. The molecule has 1 amide bonds. The number of carbonyl (C=O) groups excluding carboxylic acids is 5. The highest BCUT2D eigenvalue weighted by Crippen LogP contribution is 2.64. The van der Waals surface area contributed by atoms with Gasteiger partial charge >= 0.3 is 71.5 Å². The fraction of sp³-hybridized carbons (Fsp3) is 0.891. The van der Waals surface area contributed by atoms with Gasteiger partial charge in [0.2, 0.25) is 5.91 Å². The number of alkyl halides is 17. The lowest BCUT2D eigenvalue weighted by atomic mass is 9.88. The number of hydrogen-bond acceptors (Lipinski definition) is 13. The van der Waals surface area contributed by atoms with Gasteiger partial charge in [-0.3, -0.25) is 43.6 Å². The van der Waals surface area contributed by atoms with Gasteiger partial charge in [0.15, 0.2) is 0 Å². The number of ether oxygens (including phenoxy) is 4. The number of rotatable bonds is 21. The summed E-state index contributed by atoms with van der Waals surface area (Å²) in [5.41, 5.74) is -3.88. The SMILES string of the molecule is CC(C)(C)OC(=O)CN1CCN(CC(=O)OC(C)(C)C)CCN([C@H](CCC(=O)NCCCC(F)(F)C(F)(F)C(F)(F)C(F)(F)C(F)(F)C(F)(F)C(F)(F)C(F)(F)F)C(=O)OC(C)(C)C)CCN(CC(=O)OC(C)(C)C)CC1. The highest BCUT2D eigenvalue weighted by molar-refractivity contribution is 5.79. The average molecular weight is 1160 g/mol. The second-order valence-corrected chi connectivity index (χ2v) is 22.3. The normalized spacial score (nSPS) is 17.7. The van der Waals surface area contributed by atoms with Crippen LogP contribution in [0, 0.1) is 0 Å². The van der Waals surface area contributed by atoms with Gasteiger partial charge in [-0.15, -0.1) is 0 Å². The molecule has 31 heteroatoms. The molecule has 77 heavy (non-hydrogen) atoms. The van der Waals surface area contributed by atoms with Crippen LogP contribution in [0.1, 0.15) is 109 Å². The topological polar surface area (TPSA) is 147 Å². The average Bonchev–Trinajstić information content (AvgIpc) is 3.19. The first kappa shape index (κ1) is 71.0. The van der Waals surface area contributed by atoms with Gasteiger partial charge in [0.1, 0.15) is 28.4 Å². The zero-order valence-corrected chi connectivity index (χ0v) is 44.8. The molecular formula is C46H70F17N5O9. The maximum atomic E-state index is 14.6. The van der Waals surface area contributed by atoms with Crippen molar-refractivity contribution in [3.8, 4) is 0 Å². The number of nitrogens with zero attached hydrogens (tertiary/aromatic N) is 4. The van der Waals surface area contributed by atoms with Gasteiger partial charge < -0.3 is 24.3 Å². The van der Waals surface area contributed by atoms with Gasteiger partial charge in [0.05, 0.1) is 19.6 Å². The third kappa shape index (κ3) is 20.2. The summed E-state index contributed by atoms with van der Waals surface area (Å²) < 4.78 is 256. The predicted molar refractivity (Wildman–Crippen MR) is 240 cm³/mol. The van der Waals surface area contributed by atoms with Gasteiger partial charge in [0, 0.05) is 71.7 Å². The summed E-state index contributed by atoms with van der Waals surface area (Å²) in [5.74, 6) is -61.4. The van der Waals surface area contributed by atoms with Crippen molar-refractivity contribution in [1.82, 2.24) is 24.9 Å². The first-order valence-corrected chi connectivity index (χ1v) is 23.9. The summed E-state index contributed by atoms with van der Waals surface area (Å²) in [6.07, 6.45) is -13.5. The summed E-state index contributed by atoms with van der Waals surface area (Å²) in [6, 6.07) is -1.41. The predicted octanol–water partition coefficient (Wildman–Crippen LogP) is 8.63. The quantitative estimate of drug-likeness (QED) is 0.0507. The molecule has 1 fully saturated rings. The Hall–Kier alpha value is -4.00. The lowest BCUT2D eigenvalue weighted by molar-refractivity contribution is -0.461. The Balaban J connectivity index is 3.57. The van der Waals surface area contributed by atoms with Crippen LogP contribution in [0.3, 0.4) is 0 Å². The van der Waals surface area contributed by atoms with E-state index in [2.05, 4.69) is 0 Å². The highest BCUT2D eigenvalue weighted by atomic mass is 19.4. The van der Waals surface area contributed by atoms with E-state index >= 15 is 0 Å². The molecule has 1 aliphatic heterocycles. The van der Waals surface area contributed by atoms with E-state index in [1.807, 2.05) is 5.32 Å². The second-order valence-electron chi connectivity index (χ2n) is 22.3. The molecule has 0 spiro atoms. The molecule has 1 rings (SSSR count). The molecule has 0 radical (unpaired) electrons. The van der Waals surface area contributed by atoms with Crippen molar-refractivity contribution >= 4 is 29.8 Å². The first-order valence-electron chi connectivity index (χ1n) is 23.9. The molecule has 0 bridgehead atoms. The molecule has 1 N–H and O–H groups in total. The lowest BCUT2D eigenvalue weighted by Gasteiger charge is -2.42. The van der Waals surface area contributed by atoms with Crippen LogP contribution < -0.4 is 5.32 Å². The first-order chi connectivity index (χ1) is 34.1. The Morgan fingerprint density at radius 1 is 0.429 bits per heavy atom. The van der Waals surface area contributed by atoms with Crippen LogP contribution in [0.25, 0.3) is 0 Å². The maximum Gasteiger partial charge on any atom is 0.460 e. The molecule has 0 aliphatic carbocycles. The maximum absolute atomic E-state index is 14.6. The molecule has 1 atom stereocenters. The van der Waals surface area contributed by atoms with Crippen LogP contribution in [0.4, 0.5) is 74.6 Å². The minimum absolute atomic E-state index is 0.0268. The number of amides is 1. The number of nitrogens with one attached hydrogen (secondary N) is 1. The Labute approximate surface area is 435 Å². The Morgan fingerprint density at radius 2 is 0.727 bits per heavy atom. The standard InChI is InChI=1S/C46H70F17N5O9/c1-35(2,3)74-31(70)26-65-18-20-66(27-32(71)75-36(4,5)6)22-24-68(25-23-67(21-19-65)28-33(72)76-37(7,8)9)29(34(73)77-38(10,11)12)14-15-30(69)64-17-13-16-39(47,48)40(49,50)41(51,52)42(53,54)43(55,56)44(57,58)45(59,60)46(61,62)63/h29H,13-28H2,1-12H3,(H,64,69)/t29-/m1/s1. The van der Waals surface area contributed by atoms with E-state index in [1.165, 1.54) is 25.7 Å². The molecule has 0 unspecified atom stereocenters. The zero-order valence-electron chi connectivity index (χ0n) is 44.8. The van der Waals surface area contributed by atoms with Gasteiger partial charge in [-0.25, -0.2) is 0 Å². The minimum Gasteiger partial charge on any atom is -0.459 e. The Kier molecular flexibility index (Phi) is 23.6. The molecular weight excluding hydrogens is 1090 g/mol. The van der Waals surface area contributed by atoms with Crippen molar-refractivity contribution in [2.24, 2.45) is 0 Å². The third-order valence-corrected chi connectivity index (χ3v) is 10.7. The van der Waals surface area contributed by atoms with Crippen molar-refractivity contribution in [1.29, 1.82) is 0 Å². The van der Waals surface area contributed by atoms with Crippen molar-refractivity contribution in [2.45, 2.75) is 185 Å². The molecule has 1 aliphatic rings. The van der Waals surface area contributed by atoms with Crippen LogP contribution in [0.2, 0.25) is 0 Å². The van der Waals surface area contributed by atoms with Crippen LogP contribution in [-0.4, -0.2) is 204 Å². The van der Waals surface area contributed by atoms with E-state index in [0.717, 1.165) is 0 Å². The number of hydrogen-bond donors (Lipinski definition) is 1. The van der Waals surface area contributed by atoms with E-state index in [9.17, 15) is 98.6 Å². The highest BCUT2D eigenvalue weighted by Gasteiger charge is 2.95. The second kappa shape index (κ2) is 25.6. The van der Waals surface area contributed by atoms with E-state index in [4.69, 9.17) is 18.9 Å². The van der Waals surface area contributed by atoms with Gasteiger partial charge in [-0.05, 0) is 95.9 Å². The van der Waals surface area contributed by atoms with Crippen LogP contribution >= 0.6 is 0 Å². The monoisotopic (exact) mass is 1160 g/mol. The molecule has 0 aromatic rings. The van der Waals surface area contributed by atoms with Crippen LogP contribution in [0.15, 0.2) is 0 Å². The molecule has 0 aromatic heterocycles. The number of esters is 4. The van der Waals surface area contributed by atoms with Crippen LogP contribution in [-0.2, 0) is 42.9 Å². The zero-order chi connectivity index (χ0) is 60.6. The molecule has 0 saturated carbocycles. The fourth-order valence-electron chi connectivity index (χ4n) is 7.07. The summed E-state index contributed by atoms with van der Waals surface area (Å²) in [5, 5.41) is 1.89. The molecule has 1 heterocycles. The van der Waals surface area contributed by atoms with E-state index in [0.29, 0.717) is 0 Å². The van der Waals surface area contributed by atoms with Crippen LogP contribution in [0.5, 0.6) is 0 Å². The lowest BCUT2D eigenvalue weighted by Crippen LogP contribution is -2.74. The number of carbonyl (C=O) groups is 5.